The summed E-state index contributed by atoms with van der Waals surface area (Å²) in [5.74, 6) is 0. The van der Waals surface area contributed by atoms with Gasteiger partial charge in [-0.25, -0.2) is 13.6 Å². The van der Waals surface area contributed by atoms with Crippen molar-refractivity contribution in [2.75, 3.05) is 17.7 Å². The van der Waals surface area contributed by atoms with Gasteiger partial charge in [0.25, 0.3) is 0 Å². The zero-order valence-electron chi connectivity index (χ0n) is 9.05. The topological polar surface area (TPSA) is 89.4 Å². The first-order valence-corrected chi connectivity index (χ1v) is 6.59. The van der Waals surface area contributed by atoms with Gasteiger partial charge in [0.1, 0.15) is 4.90 Å². The molecule has 0 bridgehead atoms. The lowest BCUT2D eigenvalue weighted by Gasteiger charge is -2.21. The Morgan fingerprint density at radius 2 is 2.00 bits per heavy atom. The lowest BCUT2D eigenvalue weighted by Crippen LogP contribution is -2.24. The summed E-state index contributed by atoms with van der Waals surface area (Å²) < 4.78 is 22.9. The molecule has 0 atom stereocenters. The Labute approximate surface area is 95.1 Å². The zero-order chi connectivity index (χ0) is 11.9. The van der Waals surface area contributed by atoms with E-state index in [1.165, 1.54) is 6.07 Å². The highest BCUT2D eigenvalue weighted by atomic mass is 32.2. The Bertz CT molecular complexity index is 509. The standard InChI is InChI=1S/C10H15N3O2S/c1-13(8-3-4-8)9-5-2-7(11)6-10(9)16(12,14)15/h2,5-6,8H,3-4,11H2,1H3,(H2,12,14,15). The summed E-state index contributed by atoms with van der Waals surface area (Å²) in [6, 6.07) is 5.21. The third-order valence-corrected chi connectivity index (χ3v) is 3.71. The minimum Gasteiger partial charge on any atom is -0.399 e. The Morgan fingerprint density at radius 1 is 1.38 bits per heavy atom. The van der Waals surface area contributed by atoms with Gasteiger partial charge in [0.2, 0.25) is 10.0 Å². The summed E-state index contributed by atoms with van der Waals surface area (Å²) in [5.41, 5.74) is 6.60. The van der Waals surface area contributed by atoms with Crippen LogP contribution >= 0.6 is 0 Å². The molecular weight excluding hydrogens is 226 g/mol. The molecular formula is C10H15N3O2S. The minimum absolute atomic E-state index is 0.0990. The molecule has 1 aliphatic rings. The number of hydrogen-bond donors (Lipinski definition) is 2. The molecule has 0 aromatic heterocycles. The second-order valence-corrected chi connectivity index (χ2v) is 5.64. The summed E-state index contributed by atoms with van der Waals surface area (Å²) in [5, 5.41) is 5.17. The molecule has 0 aliphatic heterocycles. The van der Waals surface area contributed by atoms with Crippen molar-refractivity contribution in [3.63, 3.8) is 0 Å². The van der Waals surface area contributed by atoms with E-state index < -0.39 is 10.0 Å². The van der Waals surface area contributed by atoms with Crippen molar-refractivity contribution in [1.82, 2.24) is 0 Å². The number of nitrogens with two attached hydrogens (primary N) is 2. The van der Waals surface area contributed by atoms with E-state index in [1.54, 1.807) is 12.1 Å². The fourth-order valence-electron chi connectivity index (χ4n) is 1.71. The van der Waals surface area contributed by atoms with E-state index in [1.807, 2.05) is 11.9 Å². The Hall–Kier alpha value is -1.27. The van der Waals surface area contributed by atoms with Gasteiger partial charge in [0, 0.05) is 18.8 Å². The molecule has 1 aromatic rings. The molecule has 88 valence electrons. The maximum absolute atomic E-state index is 11.4. The highest BCUT2D eigenvalue weighted by Crippen LogP contribution is 2.34. The van der Waals surface area contributed by atoms with Crippen LogP contribution in [0.3, 0.4) is 0 Å². The summed E-state index contributed by atoms with van der Waals surface area (Å²) >= 11 is 0. The van der Waals surface area contributed by atoms with Crippen molar-refractivity contribution in [1.29, 1.82) is 0 Å². The normalized spacial score (nSPS) is 16.1. The summed E-state index contributed by atoms with van der Waals surface area (Å²) in [6.07, 6.45) is 2.18. The Kier molecular flexibility index (Phi) is 2.55. The molecule has 1 saturated carbocycles. The molecule has 0 unspecified atom stereocenters. The van der Waals surface area contributed by atoms with Gasteiger partial charge in [-0.15, -0.1) is 0 Å². The smallest absolute Gasteiger partial charge is 0.240 e. The highest BCUT2D eigenvalue weighted by molar-refractivity contribution is 7.89. The first-order chi connectivity index (χ1) is 7.39. The zero-order valence-corrected chi connectivity index (χ0v) is 9.87. The van der Waals surface area contributed by atoms with Crippen molar-refractivity contribution < 1.29 is 8.42 Å². The minimum atomic E-state index is -3.73. The third kappa shape index (κ3) is 2.12. The molecule has 0 radical (unpaired) electrons. The fraction of sp³-hybridized carbons (Fsp3) is 0.400. The molecule has 5 nitrogen and oxygen atoms in total. The van der Waals surface area contributed by atoms with Crippen LogP contribution in [0.4, 0.5) is 11.4 Å². The van der Waals surface area contributed by atoms with Crippen molar-refractivity contribution in [3.05, 3.63) is 18.2 Å². The second kappa shape index (κ2) is 3.64. The third-order valence-electron chi connectivity index (χ3n) is 2.76. The molecule has 6 heteroatoms. The number of benzene rings is 1. The highest BCUT2D eigenvalue weighted by Gasteiger charge is 2.29. The number of rotatable bonds is 3. The maximum Gasteiger partial charge on any atom is 0.240 e. The van der Waals surface area contributed by atoms with Gasteiger partial charge in [0.05, 0.1) is 5.69 Å². The number of anilines is 2. The summed E-state index contributed by atoms with van der Waals surface area (Å²) in [7, 11) is -1.86. The monoisotopic (exact) mass is 241 g/mol. The van der Waals surface area contributed by atoms with Crippen LogP contribution in [0, 0.1) is 0 Å². The van der Waals surface area contributed by atoms with Crippen LogP contribution in [0.2, 0.25) is 0 Å². The van der Waals surface area contributed by atoms with E-state index in [9.17, 15) is 8.42 Å². The molecule has 4 N–H and O–H groups in total. The predicted molar refractivity (Wildman–Crippen MR) is 63.7 cm³/mol. The van der Waals surface area contributed by atoms with Gasteiger partial charge in [-0.2, -0.15) is 0 Å². The molecule has 0 heterocycles. The molecule has 1 aliphatic carbocycles. The molecule has 0 spiro atoms. The fourth-order valence-corrected chi connectivity index (χ4v) is 2.51. The average Bonchev–Trinajstić information content (AvgIpc) is 2.98. The molecule has 1 aromatic carbocycles. The first-order valence-electron chi connectivity index (χ1n) is 5.05. The van der Waals surface area contributed by atoms with E-state index in [0.29, 0.717) is 17.4 Å². The van der Waals surface area contributed by atoms with Gasteiger partial charge in [0.15, 0.2) is 0 Å². The molecule has 0 saturated heterocycles. The second-order valence-electron chi connectivity index (χ2n) is 4.11. The lowest BCUT2D eigenvalue weighted by molar-refractivity contribution is 0.597. The van der Waals surface area contributed by atoms with E-state index in [2.05, 4.69) is 0 Å². The van der Waals surface area contributed by atoms with Crippen LogP contribution in [-0.4, -0.2) is 21.5 Å². The first kappa shape index (κ1) is 11.2. The Balaban J connectivity index is 2.51. The van der Waals surface area contributed by atoms with Crippen LogP contribution < -0.4 is 15.8 Å². The molecule has 16 heavy (non-hydrogen) atoms. The molecule has 0 amide bonds. The van der Waals surface area contributed by atoms with Crippen molar-refractivity contribution in [3.8, 4) is 0 Å². The van der Waals surface area contributed by atoms with Crippen LogP contribution in [0.1, 0.15) is 12.8 Å². The van der Waals surface area contributed by atoms with Gasteiger partial charge in [-0.1, -0.05) is 0 Å². The van der Waals surface area contributed by atoms with Crippen molar-refractivity contribution in [2.45, 2.75) is 23.8 Å². The molecule has 2 rings (SSSR count). The number of hydrogen-bond acceptors (Lipinski definition) is 4. The summed E-state index contributed by atoms with van der Waals surface area (Å²) in [6.45, 7) is 0. The SMILES string of the molecule is CN(c1ccc(N)cc1S(N)(=O)=O)C1CC1. The largest absolute Gasteiger partial charge is 0.399 e. The van der Waals surface area contributed by atoms with Gasteiger partial charge < -0.3 is 10.6 Å². The van der Waals surface area contributed by atoms with E-state index >= 15 is 0 Å². The molecule has 1 fully saturated rings. The number of primary sulfonamides is 1. The number of nitrogen functional groups attached to an aromatic ring is 1. The average molecular weight is 241 g/mol. The quantitative estimate of drug-likeness (QED) is 0.755. The van der Waals surface area contributed by atoms with Gasteiger partial charge in [-0.3, -0.25) is 0 Å². The van der Waals surface area contributed by atoms with Gasteiger partial charge in [-0.05, 0) is 31.0 Å². The summed E-state index contributed by atoms with van der Waals surface area (Å²) in [4.78, 5) is 2.04. The van der Waals surface area contributed by atoms with E-state index in [4.69, 9.17) is 10.9 Å². The maximum atomic E-state index is 11.4. The van der Waals surface area contributed by atoms with Crippen LogP contribution in [0.25, 0.3) is 0 Å². The van der Waals surface area contributed by atoms with Crippen LogP contribution in [0.15, 0.2) is 23.1 Å². The van der Waals surface area contributed by atoms with E-state index in [0.717, 1.165) is 12.8 Å². The van der Waals surface area contributed by atoms with Crippen LogP contribution in [-0.2, 0) is 10.0 Å². The Morgan fingerprint density at radius 3 is 2.50 bits per heavy atom. The van der Waals surface area contributed by atoms with Crippen molar-refractivity contribution in [2.24, 2.45) is 5.14 Å². The van der Waals surface area contributed by atoms with Crippen molar-refractivity contribution >= 4 is 21.4 Å². The lowest BCUT2D eigenvalue weighted by atomic mass is 10.2. The number of sulfonamides is 1. The van der Waals surface area contributed by atoms with Crippen LogP contribution in [0.5, 0.6) is 0 Å². The number of nitrogens with zero attached hydrogens (tertiary/aromatic N) is 1. The van der Waals surface area contributed by atoms with E-state index in [-0.39, 0.29) is 4.90 Å². The van der Waals surface area contributed by atoms with Gasteiger partial charge >= 0.3 is 0 Å². The predicted octanol–water partition coefficient (Wildman–Crippen LogP) is 0.515.